The fraction of sp³-hybridized carbons (Fsp3) is 0.500. The van der Waals surface area contributed by atoms with Crippen molar-refractivity contribution in [3.05, 3.63) is 34.3 Å². The molecular formula is C16H23N5S2. The normalized spacial score (nSPS) is 15.8. The highest BCUT2D eigenvalue weighted by Gasteiger charge is 2.18. The Morgan fingerprint density at radius 3 is 2.61 bits per heavy atom. The Morgan fingerprint density at radius 1 is 1.17 bits per heavy atom. The zero-order valence-electron chi connectivity index (χ0n) is 13.4. The quantitative estimate of drug-likeness (QED) is 0.810. The number of aromatic nitrogens is 2. The number of nitrogens with zero attached hydrogens (tertiary/aromatic N) is 4. The molecule has 7 heteroatoms. The van der Waals surface area contributed by atoms with E-state index in [1.54, 1.807) is 11.3 Å². The van der Waals surface area contributed by atoms with Crippen molar-refractivity contribution in [1.82, 2.24) is 14.7 Å². The van der Waals surface area contributed by atoms with Crippen molar-refractivity contribution in [2.75, 3.05) is 42.9 Å². The van der Waals surface area contributed by atoms with E-state index in [9.17, 15) is 0 Å². The highest BCUT2D eigenvalue weighted by atomic mass is 32.1. The molecular weight excluding hydrogens is 326 g/mol. The van der Waals surface area contributed by atoms with Gasteiger partial charge in [0.05, 0.1) is 6.67 Å². The van der Waals surface area contributed by atoms with Crippen LogP contribution in [0.3, 0.4) is 0 Å². The summed E-state index contributed by atoms with van der Waals surface area (Å²) in [5.74, 6) is 0. The molecule has 1 aliphatic rings. The van der Waals surface area contributed by atoms with Gasteiger partial charge in [0.15, 0.2) is 3.95 Å². The SMILES string of the molecule is CCCNc1nn(CN2CCN(c3ccccc3)CC2)c(=S)s1. The first-order chi connectivity index (χ1) is 11.3. The molecule has 124 valence electrons. The number of benzene rings is 1. The fourth-order valence-electron chi connectivity index (χ4n) is 2.67. The number of hydrogen-bond donors (Lipinski definition) is 1. The Balaban J connectivity index is 1.55. The van der Waals surface area contributed by atoms with Crippen LogP contribution < -0.4 is 10.2 Å². The van der Waals surface area contributed by atoms with Crippen LogP contribution in [0.1, 0.15) is 13.3 Å². The summed E-state index contributed by atoms with van der Waals surface area (Å²) in [6.45, 7) is 8.03. The van der Waals surface area contributed by atoms with Crippen LogP contribution in [-0.2, 0) is 6.67 Å². The third kappa shape index (κ3) is 4.31. The molecule has 5 nitrogen and oxygen atoms in total. The van der Waals surface area contributed by atoms with E-state index in [-0.39, 0.29) is 0 Å². The van der Waals surface area contributed by atoms with Crippen LogP contribution in [0.2, 0.25) is 0 Å². The number of para-hydroxylation sites is 1. The van der Waals surface area contributed by atoms with Crippen molar-refractivity contribution in [2.45, 2.75) is 20.0 Å². The lowest BCUT2D eigenvalue weighted by molar-refractivity contribution is 0.195. The Bertz CT molecular complexity index is 659. The van der Waals surface area contributed by atoms with Crippen molar-refractivity contribution >= 4 is 34.4 Å². The summed E-state index contributed by atoms with van der Waals surface area (Å²) in [5, 5.41) is 8.83. The summed E-state index contributed by atoms with van der Waals surface area (Å²) in [6.07, 6.45) is 1.09. The van der Waals surface area contributed by atoms with Gasteiger partial charge in [0.25, 0.3) is 0 Å². The Hall–Kier alpha value is -1.44. The van der Waals surface area contributed by atoms with E-state index >= 15 is 0 Å². The molecule has 0 saturated carbocycles. The molecule has 1 fully saturated rings. The fourth-order valence-corrected chi connectivity index (χ4v) is 3.69. The Labute approximate surface area is 146 Å². The minimum absolute atomic E-state index is 0.784. The predicted molar refractivity (Wildman–Crippen MR) is 99.9 cm³/mol. The number of anilines is 2. The average molecular weight is 350 g/mol. The predicted octanol–water partition coefficient (Wildman–Crippen LogP) is 3.28. The van der Waals surface area contributed by atoms with Gasteiger partial charge in [-0.25, -0.2) is 4.68 Å². The van der Waals surface area contributed by atoms with Gasteiger partial charge >= 0.3 is 0 Å². The van der Waals surface area contributed by atoms with Gasteiger partial charge in [0.2, 0.25) is 5.13 Å². The number of hydrogen-bond acceptors (Lipinski definition) is 6. The molecule has 0 unspecified atom stereocenters. The smallest absolute Gasteiger partial charge is 0.204 e. The van der Waals surface area contributed by atoms with Crippen LogP contribution in [0, 0.1) is 3.95 Å². The summed E-state index contributed by atoms with van der Waals surface area (Å²) in [6, 6.07) is 10.6. The van der Waals surface area contributed by atoms with Gasteiger partial charge in [-0.05, 0) is 30.8 Å². The highest BCUT2D eigenvalue weighted by molar-refractivity contribution is 7.73. The third-order valence-electron chi connectivity index (χ3n) is 3.96. The summed E-state index contributed by atoms with van der Waals surface area (Å²) in [7, 11) is 0. The molecule has 1 N–H and O–H groups in total. The maximum absolute atomic E-state index is 5.43. The zero-order valence-corrected chi connectivity index (χ0v) is 15.1. The van der Waals surface area contributed by atoms with Crippen molar-refractivity contribution in [1.29, 1.82) is 0 Å². The molecule has 0 radical (unpaired) electrons. The van der Waals surface area contributed by atoms with Crippen LogP contribution >= 0.6 is 23.6 Å². The summed E-state index contributed by atoms with van der Waals surface area (Å²) >= 11 is 6.99. The summed E-state index contributed by atoms with van der Waals surface area (Å²) in [4.78, 5) is 4.85. The van der Waals surface area contributed by atoms with Gasteiger partial charge in [-0.2, -0.15) is 0 Å². The maximum Gasteiger partial charge on any atom is 0.204 e. The van der Waals surface area contributed by atoms with Gasteiger partial charge in [-0.1, -0.05) is 36.5 Å². The molecule has 0 amide bonds. The van der Waals surface area contributed by atoms with E-state index in [2.05, 4.69) is 57.5 Å². The van der Waals surface area contributed by atoms with Crippen molar-refractivity contribution in [3.63, 3.8) is 0 Å². The van der Waals surface area contributed by atoms with Crippen LogP contribution in [0.25, 0.3) is 0 Å². The van der Waals surface area contributed by atoms with Crippen LogP contribution in [-0.4, -0.2) is 47.4 Å². The molecule has 0 spiro atoms. The molecule has 0 aliphatic carbocycles. The second kappa shape index (κ2) is 7.90. The Kier molecular flexibility index (Phi) is 5.64. The lowest BCUT2D eigenvalue weighted by atomic mass is 10.2. The van der Waals surface area contributed by atoms with Crippen LogP contribution in [0.15, 0.2) is 30.3 Å². The van der Waals surface area contributed by atoms with Crippen molar-refractivity contribution < 1.29 is 0 Å². The molecule has 2 heterocycles. The molecule has 1 aromatic heterocycles. The van der Waals surface area contributed by atoms with E-state index in [0.717, 1.165) is 54.9 Å². The molecule has 3 rings (SSSR count). The monoisotopic (exact) mass is 349 g/mol. The molecule has 0 atom stereocenters. The minimum atomic E-state index is 0.784. The Morgan fingerprint density at radius 2 is 1.91 bits per heavy atom. The third-order valence-corrected chi connectivity index (χ3v) is 5.23. The van der Waals surface area contributed by atoms with Crippen molar-refractivity contribution in [3.8, 4) is 0 Å². The molecule has 0 bridgehead atoms. The van der Waals surface area contributed by atoms with Gasteiger partial charge < -0.3 is 10.2 Å². The van der Waals surface area contributed by atoms with Gasteiger partial charge in [-0.15, -0.1) is 5.10 Å². The molecule has 1 aliphatic heterocycles. The molecule has 2 aromatic rings. The van der Waals surface area contributed by atoms with E-state index in [1.807, 2.05) is 4.68 Å². The lowest BCUT2D eigenvalue weighted by Gasteiger charge is -2.35. The van der Waals surface area contributed by atoms with Gasteiger partial charge in [-0.3, -0.25) is 4.90 Å². The lowest BCUT2D eigenvalue weighted by Crippen LogP contribution is -2.46. The van der Waals surface area contributed by atoms with Crippen molar-refractivity contribution in [2.24, 2.45) is 0 Å². The largest absolute Gasteiger partial charge is 0.369 e. The molecule has 1 aromatic carbocycles. The minimum Gasteiger partial charge on any atom is -0.369 e. The first-order valence-electron chi connectivity index (χ1n) is 8.10. The van der Waals surface area contributed by atoms with E-state index in [1.165, 1.54) is 5.69 Å². The second-order valence-corrected chi connectivity index (χ2v) is 7.30. The highest BCUT2D eigenvalue weighted by Crippen LogP contribution is 2.18. The van der Waals surface area contributed by atoms with Crippen LogP contribution in [0.4, 0.5) is 10.8 Å². The summed E-state index contributed by atoms with van der Waals surface area (Å²) in [5.41, 5.74) is 1.31. The van der Waals surface area contributed by atoms with Gasteiger partial charge in [0, 0.05) is 38.4 Å². The van der Waals surface area contributed by atoms with E-state index in [4.69, 9.17) is 12.2 Å². The standard InChI is InChI=1S/C16H23N5S2/c1-2-8-17-15-18-21(16(22)23-15)13-19-9-11-20(12-10-19)14-6-4-3-5-7-14/h3-7H,2,8-13H2,1H3,(H,17,18). The van der Waals surface area contributed by atoms with E-state index in [0.29, 0.717) is 0 Å². The first kappa shape index (κ1) is 16.4. The second-order valence-electron chi connectivity index (χ2n) is 5.68. The van der Waals surface area contributed by atoms with Gasteiger partial charge in [0.1, 0.15) is 0 Å². The number of rotatable bonds is 6. The molecule has 23 heavy (non-hydrogen) atoms. The van der Waals surface area contributed by atoms with Crippen LogP contribution in [0.5, 0.6) is 0 Å². The average Bonchev–Trinajstić information content (AvgIpc) is 2.94. The number of nitrogens with one attached hydrogen (secondary N) is 1. The topological polar surface area (TPSA) is 36.3 Å². The number of piperazine rings is 1. The first-order valence-corrected chi connectivity index (χ1v) is 9.33. The zero-order chi connectivity index (χ0) is 16.1. The summed E-state index contributed by atoms with van der Waals surface area (Å²) < 4.78 is 2.78. The molecule has 1 saturated heterocycles. The maximum atomic E-state index is 5.43. The van der Waals surface area contributed by atoms with E-state index < -0.39 is 0 Å².